The summed E-state index contributed by atoms with van der Waals surface area (Å²) in [5, 5.41) is 8.31. The minimum absolute atomic E-state index is 0.333. The molecule has 0 aliphatic carbocycles. The van der Waals surface area contributed by atoms with Crippen LogP contribution in [0.2, 0.25) is 0 Å². The summed E-state index contributed by atoms with van der Waals surface area (Å²) in [6, 6.07) is 9.57. The lowest BCUT2D eigenvalue weighted by Crippen LogP contribution is -1.76. The molecular formula is C8H7N. The van der Waals surface area contributed by atoms with E-state index in [4.69, 9.17) is 6.63 Å². The Hall–Kier alpha value is -1.29. The average molecular weight is 118 g/mol. The molecule has 1 rings (SSSR count). The average Bonchev–Trinajstić information content (AvgIpc) is 1.94. The fourth-order valence-corrected chi connectivity index (χ4v) is 0.626. The van der Waals surface area contributed by atoms with Crippen LogP contribution in [-0.4, -0.2) is 0 Å². The van der Waals surface area contributed by atoms with Gasteiger partial charge in [-0.05, 0) is 5.56 Å². The van der Waals surface area contributed by atoms with Crippen molar-refractivity contribution in [1.82, 2.24) is 0 Å². The molecule has 0 heterocycles. The molecule has 1 aromatic rings. The van der Waals surface area contributed by atoms with Crippen LogP contribution in [0.5, 0.6) is 0 Å². The molecule has 0 atom stereocenters. The Kier molecular flexibility index (Phi) is 1.47. The summed E-state index contributed by atoms with van der Waals surface area (Å²) in [6.07, 6.45) is 0.333. The molecular weight excluding hydrogens is 110 g/mol. The highest BCUT2D eigenvalue weighted by Crippen LogP contribution is 1.96. The van der Waals surface area contributed by atoms with Gasteiger partial charge in [-0.2, -0.15) is 5.26 Å². The van der Waals surface area contributed by atoms with Crippen LogP contribution in [0.1, 0.15) is 6.93 Å². The third-order valence-corrected chi connectivity index (χ3v) is 1.04. The highest BCUT2D eigenvalue weighted by Gasteiger charge is 1.84. The van der Waals surface area contributed by atoms with E-state index >= 15 is 0 Å². The maximum atomic E-state index is 8.31. The van der Waals surface area contributed by atoms with Crippen LogP contribution < -0.4 is 0 Å². The quantitative estimate of drug-likeness (QED) is 0.551. The van der Waals surface area contributed by atoms with Crippen molar-refractivity contribution >= 4 is 0 Å². The van der Waals surface area contributed by atoms with Gasteiger partial charge >= 0.3 is 0 Å². The summed E-state index contributed by atoms with van der Waals surface area (Å²) in [4.78, 5) is 0. The second-order valence-corrected chi connectivity index (χ2v) is 1.72. The monoisotopic (exact) mass is 118 g/mol. The summed E-state index contributed by atoms with van der Waals surface area (Å²) in [5.41, 5.74) is 0.796. The molecule has 0 unspecified atom stereocenters. The van der Waals surface area contributed by atoms with Crippen molar-refractivity contribution in [3.8, 4) is 6.07 Å². The Morgan fingerprint density at radius 3 is 3.11 bits per heavy atom. The van der Waals surface area contributed by atoms with Gasteiger partial charge in [0.2, 0.25) is 0 Å². The van der Waals surface area contributed by atoms with Crippen LogP contribution in [0.15, 0.2) is 30.3 Å². The molecule has 1 nitrogen and oxygen atoms in total. The number of hydrogen-bond acceptors (Lipinski definition) is 1. The van der Waals surface area contributed by atoms with Crippen LogP contribution in [0.4, 0.5) is 0 Å². The van der Waals surface area contributed by atoms with Gasteiger partial charge < -0.3 is 0 Å². The van der Waals surface area contributed by atoms with E-state index < -0.39 is 0 Å². The smallest absolute Gasteiger partial charge is 0.0669 e. The lowest BCUT2D eigenvalue weighted by Gasteiger charge is -1.88. The standard InChI is InChI=1S/C8H7N/c9-7-6-8-4-2-1-3-5-8/h1-5H,6H2/i4D. The Morgan fingerprint density at radius 2 is 2.44 bits per heavy atom. The zero-order valence-corrected chi connectivity index (χ0v) is 4.96. The number of hydrogen-bond donors (Lipinski definition) is 0. The van der Waals surface area contributed by atoms with Crippen LogP contribution >= 0.6 is 0 Å². The van der Waals surface area contributed by atoms with Gasteiger partial charge in [-0.25, -0.2) is 0 Å². The summed E-state index contributed by atoms with van der Waals surface area (Å²) in [5.74, 6) is 0. The summed E-state index contributed by atoms with van der Waals surface area (Å²) in [6.45, 7) is 0. The van der Waals surface area contributed by atoms with Crippen molar-refractivity contribution in [3.63, 3.8) is 0 Å². The molecule has 0 amide bonds. The predicted octanol–water partition coefficient (Wildman–Crippen LogP) is 1.75. The molecule has 9 heavy (non-hydrogen) atoms. The molecule has 1 heteroatoms. The van der Waals surface area contributed by atoms with E-state index in [9.17, 15) is 0 Å². The first-order valence-corrected chi connectivity index (χ1v) is 2.76. The van der Waals surface area contributed by atoms with E-state index in [1.807, 2.05) is 12.1 Å². The predicted molar refractivity (Wildman–Crippen MR) is 35.8 cm³/mol. The first kappa shape index (κ1) is 4.58. The van der Waals surface area contributed by atoms with Crippen molar-refractivity contribution in [2.75, 3.05) is 0 Å². The van der Waals surface area contributed by atoms with E-state index in [1.54, 1.807) is 18.2 Å². The normalized spacial score (nSPS) is 9.89. The summed E-state index contributed by atoms with van der Waals surface area (Å²) < 4.78 is 7.32. The fourth-order valence-electron chi connectivity index (χ4n) is 0.626. The third-order valence-electron chi connectivity index (χ3n) is 1.04. The molecule has 0 aliphatic heterocycles. The molecule has 0 aliphatic rings. The number of benzene rings is 1. The Morgan fingerprint density at radius 1 is 1.56 bits per heavy atom. The number of nitriles is 1. The van der Waals surface area contributed by atoms with Gasteiger partial charge in [-0.15, -0.1) is 0 Å². The minimum Gasteiger partial charge on any atom is -0.198 e. The topological polar surface area (TPSA) is 23.8 Å². The SMILES string of the molecule is [2H]c1ccccc1CC#N. The van der Waals surface area contributed by atoms with Gasteiger partial charge in [0.1, 0.15) is 0 Å². The highest BCUT2D eigenvalue weighted by molar-refractivity contribution is 5.17. The van der Waals surface area contributed by atoms with Crippen molar-refractivity contribution in [1.29, 1.82) is 5.26 Å². The second-order valence-electron chi connectivity index (χ2n) is 1.72. The zero-order valence-electron chi connectivity index (χ0n) is 5.96. The molecule has 44 valence electrons. The van der Waals surface area contributed by atoms with Crippen LogP contribution in [0.3, 0.4) is 0 Å². The van der Waals surface area contributed by atoms with Crippen LogP contribution in [-0.2, 0) is 6.42 Å². The second kappa shape index (κ2) is 2.88. The van der Waals surface area contributed by atoms with E-state index in [-0.39, 0.29) is 0 Å². The molecule has 1 aromatic carbocycles. The Labute approximate surface area is 56.0 Å². The van der Waals surface area contributed by atoms with Gasteiger partial charge in [0, 0.05) is 0 Å². The van der Waals surface area contributed by atoms with E-state index in [1.165, 1.54) is 0 Å². The van der Waals surface area contributed by atoms with E-state index in [0.29, 0.717) is 12.5 Å². The molecule has 0 saturated carbocycles. The Bertz CT molecular complexity index is 262. The molecule has 0 aromatic heterocycles. The summed E-state index contributed by atoms with van der Waals surface area (Å²) >= 11 is 0. The van der Waals surface area contributed by atoms with Gasteiger partial charge in [0.05, 0.1) is 13.9 Å². The van der Waals surface area contributed by atoms with Crippen molar-refractivity contribution in [3.05, 3.63) is 35.9 Å². The first-order valence-electron chi connectivity index (χ1n) is 3.26. The maximum Gasteiger partial charge on any atom is 0.0669 e. The molecule has 0 fully saturated rings. The lowest BCUT2D eigenvalue weighted by molar-refractivity contribution is 1.26. The zero-order chi connectivity index (χ0) is 7.40. The van der Waals surface area contributed by atoms with Crippen molar-refractivity contribution < 1.29 is 1.37 Å². The van der Waals surface area contributed by atoms with E-state index in [2.05, 4.69) is 0 Å². The highest BCUT2D eigenvalue weighted by atomic mass is 14.2. The first-order chi connectivity index (χ1) is 4.84. The van der Waals surface area contributed by atoms with Gasteiger partial charge in [0.25, 0.3) is 0 Å². The van der Waals surface area contributed by atoms with Crippen molar-refractivity contribution in [2.24, 2.45) is 0 Å². The largest absolute Gasteiger partial charge is 0.198 e. The van der Waals surface area contributed by atoms with Gasteiger partial charge in [-0.1, -0.05) is 30.3 Å². The maximum absolute atomic E-state index is 8.31. The molecule has 0 radical (unpaired) electrons. The fraction of sp³-hybridized carbons (Fsp3) is 0.125. The van der Waals surface area contributed by atoms with Crippen LogP contribution in [0.25, 0.3) is 0 Å². The van der Waals surface area contributed by atoms with E-state index in [0.717, 1.165) is 5.56 Å². The molecule has 0 spiro atoms. The minimum atomic E-state index is 0.333. The lowest BCUT2D eigenvalue weighted by atomic mass is 10.2. The Balaban J connectivity index is 2.94. The third kappa shape index (κ3) is 1.58. The molecule has 0 bridgehead atoms. The molecule has 0 N–H and O–H groups in total. The number of rotatable bonds is 1. The van der Waals surface area contributed by atoms with Crippen LogP contribution in [0, 0.1) is 11.3 Å². The van der Waals surface area contributed by atoms with Crippen molar-refractivity contribution in [2.45, 2.75) is 6.42 Å². The summed E-state index contributed by atoms with van der Waals surface area (Å²) in [7, 11) is 0. The molecule has 0 saturated heterocycles. The van der Waals surface area contributed by atoms with Gasteiger partial charge in [0.15, 0.2) is 0 Å². The number of nitrogens with zero attached hydrogens (tertiary/aromatic N) is 1. The van der Waals surface area contributed by atoms with Gasteiger partial charge in [-0.3, -0.25) is 0 Å².